The van der Waals surface area contributed by atoms with Gasteiger partial charge in [-0.15, -0.1) is 11.3 Å². The Morgan fingerprint density at radius 2 is 2.00 bits per heavy atom. The zero-order valence-electron chi connectivity index (χ0n) is 8.65. The lowest BCUT2D eigenvalue weighted by Crippen LogP contribution is -1.82. The quantitative estimate of drug-likeness (QED) is 0.585. The van der Waals surface area contributed by atoms with E-state index in [0.717, 1.165) is 31.5 Å². The summed E-state index contributed by atoms with van der Waals surface area (Å²) in [6.07, 6.45) is 0. The minimum absolute atomic E-state index is 0.743. The Bertz CT molecular complexity index is 679. The summed E-state index contributed by atoms with van der Waals surface area (Å²) in [4.78, 5) is 4.36. The number of hydrogen-bond donors (Lipinski definition) is 0. The van der Waals surface area contributed by atoms with Crippen LogP contribution in [-0.4, -0.2) is 4.98 Å². The number of fused-ring (bicyclic) bond motifs is 1. The lowest BCUT2D eigenvalue weighted by molar-refractivity contribution is 1.42. The van der Waals surface area contributed by atoms with E-state index in [0.29, 0.717) is 0 Å². The van der Waals surface area contributed by atoms with Crippen LogP contribution in [0.3, 0.4) is 0 Å². The van der Waals surface area contributed by atoms with Crippen LogP contribution < -0.4 is 0 Å². The molecule has 0 atom stereocenters. The van der Waals surface area contributed by atoms with Crippen LogP contribution >= 0.6 is 38.9 Å². The van der Waals surface area contributed by atoms with Crippen LogP contribution in [0.4, 0.5) is 0 Å². The van der Waals surface area contributed by atoms with E-state index in [1.165, 1.54) is 0 Å². The van der Waals surface area contributed by atoms with Gasteiger partial charge in [0.15, 0.2) is 0 Å². The average molecular weight is 325 g/mol. The van der Waals surface area contributed by atoms with Crippen LogP contribution in [0.25, 0.3) is 22.0 Å². The molecular weight excluding hydrogens is 318 g/mol. The first-order valence-corrected chi connectivity index (χ1v) is 7.13. The first-order valence-electron chi connectivity index (χ1n) is 5.02. The number of benzene rings is 2. The van der Waals surface area contributed by atoms with Gasteiger partial charge in [-0.2, -0.15) is 0 Å². The molecule has 0 unspecified atom stereocenters. The van der Waals surface area contributed by atoms with E-state index in [1.807, 2.05) is 35.2 Å². The molecule has 0 saturated carbocycles. The molecule has 1 nitrogen and oxygen atoms in total. The summed E-state index contributed by atoms with van der Waals surface area (Å²) in [7, 11) is 0. The standard InChI is InChI=1S/C13H7BrClNS/c14-12-4-3-10(13-6-17-7-16-13)11-5-8(15)1-2-9(11)12/h1-7H. The molecule has 0 bridgehead atoms. The van der Waals surface area contributed by atoms with E-state index in [-0.39, 0.29) is 0 Å². The average Bonchev–Trinajstić information content (AvgIpc) is 2.83. The molecule has 0 aliphatic rings. The van der Waals surface area contributed by atoms with Crippen LogP contribution in [0.1, 0.15) is 0 Å². The number of rotatable bonds is 1. The molecule has 84 valence electrons. The Morgan fingerprint density at radius 3 is 2.76 bits per heavy atom. The van der Waals surface area contributed by atoms with Crippen LogP contribution in [-0.2, 0) is 0 Å². The fourth-order valence-electron chi connectivity index (χ4n) is 1.85. The predicted molar refractivity (Wildman–Crippen MR) is 77.8 cm³/mol. The molecule has 3 rings (SSSR count). The Hall–Kier alpha value is -0.900. The lowest BCUT2D eigenvalue weighted by atomic mass is 10.0. The zero-order chi connectivity index (χ0) is 11.8. The van der Waals surface area contributed by atoms with Crippen molar-refractivity contribution in [2.24, 2.45) is 0 Å². The van der Waals surface area contributed by atoms with Crippen molar-refractivity contribution in [1.29, 1.82) is 0 Å². The monoisotopic (exact) mass is 323 g/mol. The highest BCUT2D eigenvalue weighted by Gasteiger charge is 2.08. The summed E-state index contributed by atoms with van der Waals surface area (Å²) in [5, 5.41) is 5.06. The van der Waals surface area contributed by atoms with Crippen molar-refractivity contribution in [3.05, 3.63) is 50.7 Å². The fourth-order valence-corrected chi connectivity index (χ4v) is 3.05. The van der Waals surface area contributed by atoms with E-state index < -0.39 is 0 Å². The molecule has 0 amide bonds. The molecule has 0 fully saturated rings. The summed E-state index contributed by atoms with van der Waals surface area (Å²) in [6.45, 7) is 0. The maximum Gasteiger partial charge on any atom is 0.0817 e. The van der Waals surface area contributed by atoms with Crippen molar-refractivity contribution in [2.45, 2.75) is 0 Å². The summed E-state index contributed by atoms with van der Waals surface area (Å²) >= 11 is 11.2. The van der Waals surface area contributed by atoms with Gasteiger partial charge in [-0.1, -0.05) is 39.7 Å². The summed E-state index contributed by atoms with van der Waals surface area (Å²) in [5.41, 5.74) is 3.95. The highest BCUT2D eigenvalue weighted by atomic mass is 79.9. The predicted octanol–water partition coefficient (Wildman–Crippen LogP) is 5.38. The number of thiazole rings is 1. The second-order valence-corrected chi connectivity index (χ2v) is 5.67. The minimum Gasteiger partial charge on any atom is -0.245 e. The molecule has 0 saturated heterocycles. The second kappa shape index (κ2) is 4.41. The molecule has 0 radical (unpaired) electrons. The third kappa shape index (κ3) is 1.99. The Labute approximate surface area is 116 Å². The highest BCUT2D eigenvalue weighted by Crippen LogP contribution is 2.34. The van der Waals surface area contributed by atoms with Crippen LogP contribution in [0.2, 0.25) is 5.02 Å². The number of aromatic nitrogens is 1. The van der Waals surface area contributed by atoms with E-state index >= 15 is 0 Å². The molecule has 17 heavy (non-hydrogen) atoms. The van der Waals surface area contributed by atoms with Crippen molar-refractivity contribution in [3.8, 4) is 11.3 Å². The van der Waals surface area contributed by atoms with Gasteiger partial charge in [-0.05, 0) is 29.0 Å². The van der Waals surface area contributed by atoms with Crippen molar-refractivity contribution < 1.29 is 0 Å². The summed E-state index contributed by atoms with van der Waals surface area (Å²) in [6, 6.07) is 10.0. The van der Waals surface area contributed by atoms with Crippen LogP contribution in [0, 0.1) is 0 Å². The Balaban J connectivity index is 2.40. The number of halogens is 2. The largest absolute Gasteiger partial charge is 0.245 e. The number of nitrogens with zero attached hydrogens (tertiary/aromatic N) is 1. The lowest BCUT2D eigenvalue weighted by Gasteiger charge is -2.06. The van der Waals surface area contributed by atoms with Crippen LogP contribution in [0.15, 0.2) is 45.7 Å². The zero-order valence-corrected chi connectivity index (χ0v) is 11.8. The topological polar surface area (TPSA) is 12.9 Å². The second-order valence-electron chi connectivity index (χ2n) is 3.66. The van der Waals surface area contributed by atoms with Gasteiger partial charge in [0.05, 0.1) is 11.2 Å². The maximum atomic E-state index is 6.07. The SMILES string of the molecule is Clc1ccc2c(Br)ccc(-c3cscn3)c2c1. The van der Waals surface area contributed by atoms with Gasteiger partial charge in [0.25, 0.3) is 0 Å². The Kier molecular flexibility index (Phi) is 2.90. The molecule has 0 spiro atoms. The van der Waals surface area contributed by atoms with E-state index in [1.54, 1.807) is 11.3 Å². The smallest absolute Gasteiger partial charge is 0.0817 e. The van der Waals surface area contributed by atoms with E-state index in [2.05, 4.69) is 27.0 Å². The summed E-state index contributed by atoms with van der Waals surface area (Å²) < 4.78 is 1.07. The first kappa shape index (κ1) is 11.2. The molecule has 1 heterocycles. The van der Waals surface area contributed by atoms with Gasteiger partial charge in [0.2, 0.25) is 0 Å². The van der Waals surface area contributed by atoms with Gasteiger partial charge >= 0.3 is 0 Å². The molecule has 0 N–H and O–H groups in total. The highest BCUT2D eigenvalue weighted by molar-refractivity contribution is 9.10. The fraction of sp³-hybridized carbons (Fsp3) is 0. The van der Waals surface area contributed by atoms with Gasteiger partial charge in [-0.25, -0.2) is 4.98 Å². The van der Waals surface area contributed by atoms with Gasteiger partial charge < -0.3 is 0 Å². The first-order chi connectivity index (χ1) is 8.25. The van der Waals surface area contributed by atoms with Crippen molar-refractivity contribution in [3.63, 3.8) is 0 Å². The minimum atomic E-state index is 0.743. The maximum absolute atomic E-state index is 6.07. The normalized spacial score (nSPS) is 10.9. The van der Waals surface area contributed by atoms with Crippen molar-refractivity contribution in [1.82, 2.24) is 4.98 Å². The Morgan fingerprint density at radius 1 is 1.12 bits per heavy atom. The molecule has 2 aromatic carbocycles. The van der Waals surface area contributed by atoms with Crippen molar-refractivity contribution in [2.75, 3.05) is 0 Å². The molecule has 0 aliphatic carbocycles. The molecule has 3 aromatic rings. The molecular formula is C13H7BrClNS. The molecule has 1 aromatic heterocycles. The van der Waals surface area contributed by atoms with Crippen molar-refractivity contribution >= 4 is 49.6 Å². The molecule has 4 heteroatoms. The summed E-state index contributed by atoms with van der Waals surface area (Å²) in [5.74, 6) is 0. The van der Waals surface area contributed by atoms with Gasteiger partial charge in [-0.3, -0.25) is 0 Å². The van der Waals surface area contributed by atoms with Crippen LogP contribution in [0.5, 0.6) is 0 Å². The van der Waals surface area contributed by atoms with E-state index in [4.69, 9.17) is 11.6 Å². The van der Waals surface area contributed by atoms with Gasteiger partial charge in [0, 0.05) is 20.4 Å². The number of hydrogen-bond acceptors (Lipinski definition) is 2. The van der Waals surface area contributed by atoms with E-state index in [9.17, 15) is 0 Å². The molecule has 0 aliphatic heterocycles. The third-order valence-electron chi connectivity index (χ3n) is 2.63. The third-order valence-corrected chi connectivity index (χ3v) is 4.15. The van der Waals surface area contributed by atoms with Gasteiger partial charge in [0.1, 0.15) is 0 Å².